The van der Waals surface area contributed by atoms with Crippen LogP contribution in [-0.4, -0.2) is 47.4 Å². The zero-order valence-electron chi connectivity index (χ0n) is 48.2. The van der Waals surface area contributed by atoms with E-state index in [2.05, 4.69) is 19.2 Å². The monoisotopic (exact) mass is 1000 g/mol. The minimum absolute atomic E-state index is 0.00709. The average molecular weight is 1000 g/mol. The van der Waals surface area contributed by atoms with Crippen LogP contribution >= 0.6 is 0 Å². The molecule has 0 aliphatic rings. The molecule has 2 unspecified atom stereocenters. The van der Waals surface area contributed by atoms with Crippen LogP contribution in [0.4, 0.5) is 0 Å². The average Bonchev–Trinajstić information content (AvgIpc) is 3.37. The van der Waals surface area contributed by atoms with Gasteiger partial charge in [0.05, 0.1) is 25.4 Å². The maximum absolute atomic E-state index is 12.5. The number of ether oxygens (including phenoxy) is 1. The highest BCUT2D eigenvalue weighted by Crippen LogP contribution is 2.18. The van der Waals surface area contributed by atoms with Gasteiger partial charge in [-0.3, -0.25) is 9.59 Å². The topological polar surface area (TPSA) is 95.9 Å². The summed E-state index contributed by atoms with van der Waals surface area (Å²) in [6.45, 7) is 4.93. The summed E-state index contributed by atoms with van der Waals surface area (Å²) in [5, 5.41) is 23.2. The summed E-state index contributed by atoms with van der Waals surface area (Å²) in [4.78, 5) is 24.6. The number of carbonyl (C=O) groups is 2. The number of allylic oxidation sites excluding steroid dienone is 1. The Labute approximate surface area is 444 Å². The van der Waals surface area contributed by atoms with E-state index in [0.29, 0.717) is 19.4 Å². The molecule has 71 heavy (non-hydrogen) atoms. The van der Waals surface area contributed by atoms with Crippen molar-refractivity contribution in [3.63, 3.8) is 0 Å². The third kappa shape index (κ3) is 57.7. The van der Waals surface area contributed by atoms with Gasteiger partial charge in [-0.15, -0.1) is 0 Å². The predicted molar refractivity (Wildman–Crippen MR) is 310 cm³/mol. The molecule has 0 spiro atoms. The molecule has 422 valence electrons. The first-order valence-corrected chi connectivity index (χ1v) is 32.5. The van der Waals surface area contributed by atoms with E-state index in [0.717, 1.165) is 38.5 Å². The lowest BCUT2D eigenvalue weighted by Crippen LogP contribution is -2.45. The first kappa shape index (κ1) is 69.6. The largest absolute Gasteiger partial charge is 0.466 e. The molecule has 6 heteroatoms. The number of aliphatic hydroxyl groups excluding tert-OH is 2. The van der Waals surface area contributed by atoms with E-state index in [1.165, 1.54) is 302 Å². The highest BCUT2D eigenvalue weighted by Gasteiger charge is 2.18. The van der Waals surface area contributed by atoms with Crippen LogP contribution in [-0.2, 0) is 14.3 Å². The number of aliphatic hydroxyl groups is 2. The van der Waals surface area contributed by atoms with Crippen LogP contribution in [0.15, 0.2) is 12.2 Å². The van der Waals surface area contributed by atoms with Crippen LogP contribution in [0.1, 0.15) is 367 Å². The molecule has 2 atom stereocenters. The van der Waals surface area contributed by atoms with E-state index < -0.39 is 12.1 Å². The molecule has 6 nitrogen and oxygen atoms in total. The molecular weight excluding hydrogens is 875 g/mol. The van der Waals surface area contributed by atoms with Gasteiger partial charge in [0.1, 0.15) is 0 Å². The lowest BCUT2D eigenvalue weighted by molar-refractivity contribution is -0.143. The SMILES string of the molecule is CCCCCCCCCCCCCCCCCCCCCCCC/C=C/C(O)C(CO)NC(=O)CCCCCCCCCCCCCCCCCCCOC(=O)CCCCCCCCCCCCCCC. The van der Waals surface area contributed by atoms with E-state index in [1.807, 2.05) is 6.08 Å². The predicted octanol–water partition coefficient (Wildman–Crippen LogP) is 20.4. The summed E-state index contributed by atoms with van der Waals surface area (Å²) < 4.78 is 5.48. The molecular formula is C65H127NO5. The molecule has 0 rings (SSSR count). The van der Waals surface area contributed by atoms with Crippen LogP contribution in [0.2, 0.25) is 0 Å². The molecule has 0 aromatic rings. The Balaban J connectivity index is 3.44. The highest BCUT2D eigenvalue weighted by atomic mass is 16.5. The first-order valence-electron chi connectivity index (χ1n) is 32.5. The number of amides is 1. The summed E-state index contributed by atoms with van der Waals surface area (Å²) in [6.07, 6.45) is 74.0. The van der Waals surface area contributed by atoms with Gasteiger partial charge in [0.2, 0.25) is 5.91 Å². The number of nitrogens with one attached hydrogen (secondary N) is 1. The van der Waals surface area contributed by atoms with Crippen LogP contribution < -0.4 is 5.32 Å². The fourth-order valence-corrected chi connectivity index (χ4v) is 10.3. The van der Waals surface area contributed by atoms with Gasteiger partial charge in [-0.05, 0) is 32.1 Å². The van der Waals surface area contributed by atoms with Gasteiger partial charge < -0.3 is 20.3 Å². The smallest absolute Gasteiger partial charge is 0.305 e. The third-order valence-electron chi connectivity index (χ3n) is 15.3. The van der Waals surface area contributed by atoms with Gasteiger partial charge in [0.15, 0.2) is 0 Å². The number of hydrogen-bond acceptors (Lipinski definition) is 5. The molecule has 0 aliphatic heterocycles. The Morgan fingerprint density at radius 3 is 0.958 bits per heavy atom. The summed E-state index contributed by atoms with van der Waals surface area (Å²) in [5.41, 5.74) is 0. The van der Waals surface area contributed by atoms with Crippen LogP contribution in [0, 0.1) is 0 Å². The molecule has 0 fully saturated rings. The highest BCUT2D eigenvalue weighted by molar-refractivity contribution is 5.76. The lowest BCUT2D eigenvalue weighted by atomic mass is 10.0. The Hall–Kier alpha value is -1.40. The van der Waals surface area contributed by atoms with Crippen LogP contribution in [0.5, 0.6) is 0 Å². The summed E-state index contributed by atoms with van der Waals surface area (Å²) >= 11 is 0. The fourth-order valence-electron chi connectivity index (χ4n) is 10.3. The molecule has 0 aromatic heterocycles. The van der Waals surface area contributed by atoms with Crippen molar-refractivity contribution in [3.8, 4) is 0 Å². The number of unbranched alkanes of at least 4 members (excludes halogenated alkanes) is 50. The number of esters is 1. The van der Waals surface area contributed by atoms with Gasteiger partial charge in [-0.25, -0.2) is 0 Å². The van der Waals surface area contributed by atoms with Gasteiger partial charge in [0, 0.05) is 12.8 Å². The molecule has 0 bridgehead atoms. The quantitative estimate of drug-likeness (QED) is 0.0320. The maximum atomic E-state index is 12.5. The van der Waals surface area contributed by atoms with Gasteiger partial charge in [-0.1, -0.05) is 334 Å². The van der Waals surface area contributed by atoms with Crippen molar-refractivity contribution < 1.29 is 24.5 Å². The van der Waals surface area contributed by atoms with Crippen LogP contribution in [0.3, 0.4) is 0 Å². The van der Waals surface area contributed by atoms with Gasteiger partial charge in [0.25, 0.3) is 0 Å². The van der Waals surface area contributed by atoms with Crippen molar-refractivity contribution in [1.82, 2.24) is 5.32 Å². The molecule has 0 aliphatic carbocycles. The van der Waals surface area contributed by atoms with Gasteiger partial charge >= 0.3 is 5.97 Å². The van der Waals surface area contributed by atoms with Crippen LogP contribution in [0.25, 0.3) is 0 Å². The van der Waals surface area contributed by atoms with Crippen molar-refractivity contribution in [3.05, 3.63) is 12.2 Å². The minimum Gasteiger partial charge on any atom is -0.466 e. The van der Waals surface area contributed by atoms with Crippen molar-refractivity contribution in [2.24, 2.45) is 0 Å². The second-order valence-corrected chi connectivity index (χ2v) is 22.5. The number of rotatable bonds is 61. The molecule has 0 heterocycles. The van der Waals surface area contributed by atoms with Crippen molar-refractivity contribution in [1.29, 1.82) is 0 Å². The lowest BCUT2D eigenvalue weighted by Gasteiger charge is -2.20. The van der Waals surface area contributed by atoms with Crippen molar-refractivity contribution >= 4 is 11.9 Å². The standard InChI is InChI=1S/C65H127NO5/c1-3-5-7-9-11-13-15-17-18-19-20-21-22-23-24-25-27-30-34-37-41-45-49-53-57-63(68)62(61-67)66-64(69)58-54-50-46-42-38-35-31-28-26-29-32-36-40-44-48-52-56-60-71-65(70)59-55-51-47-43-39-33-16-14-12-10-8-6-4-2/h53,57,62-63,67-68H,3-52,54-56,58-61H2,1-2H3,(H,66,69)/b57-53+. The summed E-state index contributed by atoms with van der Waals surface area (Å²) in [6, 6.07) is -0.632. The second-order valence-electron chi connectivity index (χ2n) is 22.5. The van der Waals surface area contributed by atoms with E-state index in [9.17, 15) is 19.8 Å². The first-order chi connectivity index (χ1) is 35.0. The normalized spacial score (nSPS) is 12.6. The molecule has 1 amide bonds. The van der Waals surface area contributed by atoms with E-state index in [-0.39, 0.29) is 18.5 Å². The minimum atomic E-state index is -0.849. The zero-order chi connectivity index (χ0) is 51.4. The fraction of sp³-hybridized carbons (Fsp3) is 0.938. The Morgan fingerprint density at radius 2 is 0.648 bits per heavy atom. The molecule has 0 aromatic carbocycles. The maximum Gasteiger partial charge on any atom is 0.305 e. The molecule has 3 N–H and O–H groups in total. The number of hydrogen-bond donors (Lipinski definition) is 3. The Bertz CT molecular complexity index is 1060. The number of carbonyl (C=O) groups excluding carboxylic acids is 2. The summed E-state index contributed by atoms with van der Waals surface area (Å²) in [5.74, 6) is -0.0616. The van der Waals surface area contributed by atoms with E-state index in [1.54, 1.807) is 6.08 Å². The van der Waals surface area contributed by atoms with E-state index >= 15 is 0 Å². The third-order valence-corrected chi connectivity index (χ3v) is 15.3. The van der Waals surface area contributed by atoms with Gasteiger partial charge in [-0.2, -0.15) is 0 Å². The molecule has 0 radical (unpaired) electrons. The van der Waals surface area contributed by atoms with Crippen molar-refractivity contribution in [2.45, 2.75) is 379 Å². The molecule has 0 saturated heterocycles. The van der Waals surface area contributed by atoms with E-state index in [4.69, 9.17) is 4.74 Å². The Morgan fingerprint density at radius 1 is 0.380 bits per heavy atom. The van der Waals surface area contributed by atoms with Crippen molar-refractivity contribution in [2.75, 3.05) is 13.2 Å². The zero-order valence-corrected chi connectivity index (χ0v) is 48.2. The summed E-state index contributed by atoms with van der Waals surface area (Å²) in [7, 11) is 0. The second kappa shape index (κ2) is 61.1. The Kier molecular flexibility index (Phi) is 59.9. The molecule has 0 saturated carbocycles.